The molecule has 14 heavy (non-hydrogen) atoms. The fraction of sp³-hybridized carbons (Fsp3) is 0.545. The fourth-order valence-corrected chi connectivity index (χ4v) is 2.24. The molecule has 1 aromatic heterocycles. The second-order valence-electron chi connectivity index (χ2n) is 3.43. The van der Waals surface area contributed by atoms with Gasteiger partial charge in [-0.15, -0.1) is 0 Å². The Balaban J connectivity index is 2.48. The first-order valence-electron chi connectivity index (χ1n) is 5.05. The zero-order valence-electron chi connectivity index (χ0n) is 8.82. The summed E-state index contributed by atoms with van der Waals surface area (Å²) < 4.78 is 11.7. The number of nitrogens with zero attached hydrogens (tertiary/aromatic N) is 1. The summed E-state index contributed by atoms with van der Waals surface area (Å²) in [5, 5.41) is 0.715. The summed E-state index contributed by atoms with van der Waals surface area (Å²) in [6.45, 7) is 4.13. The second-order valence-corrected chi connectivity index (χ2v) is 4.95. The Bertz CT molecular complexity index is 295. The lowest BCUT2D eigenvalue weighted by atomic mass is 10.3. The van der Waals surface area contributed by atoms with Gasteiger partial charge < -0.3 is 0 Å². The van der Waals surface area contributed by atoms with E-state index >= 15 is 0 Å². The van der Waals surface area contributed by atoms with Crippen LogP contribution >= 0.6 is 0 Å². The molecule has 0 radical (unpaired) electrons. The standard InChI is InChI=1S/C11H17NOS/c1-3-4-5-8-14(13)11-7-6-10(2)9-12-11/h6-7,9H,3-5,8H2,1-2H3/t14-/m0/s1. The van der Waals surface area contributed by atoms with Crippen LogP contribution in [0.2, 0.25) is 0 Å². The molecule has 0 aliphatic rings. The highest BCUT2D eigenvalue weighted by Gasteiger charge is 2.03. The van der Waals surface area contributed by atoms with Crippen LogP contribution in [0.25, 0.3) is 0 Å². The Morgan fingerprint density at radius 2 is 2.14 bits per heavy atom. The average molecular weight is 211 g/mol. The van der Waals surface area contributed by atoms with E-state index in [1.807, 2.05) is 19.1 Å². The molecule has 0 aliphatic heterocycles. The smallest absolute Gasteiger partial charge is 0.127 e. The van der Waals surface area contributed by atoms with Crippen molar-refractivity contribution in [2.75, 3.05) is 5.75 Å². The van der Waals surface area contributed by atoms with Gasteiger partial charge in [0.2, 0.25) is 0 Å². The number of unbranched alkanes of at least 4 members (excludes halogenated alkanes) is 2. The topological polar surface area (TPSA) is 30.0 Å². The summed E-state index contributed by atoms with van der Waals surface area (Å²) in [7, 11) is -0.904. The highest BCUT2D eigenvalue weighted by atomic mass is 32.2. The summed E-state index contributed by atoms with van der Waals surface area (Å²) in [5.41, 5.74) is 1.11. The van der Waals surface area contributed by atoms with Crippen molar-refractivity contribution in [2.45, 2.75) is 38.1 Å². The van der Waals surface area contributed by atoms with E-state index in [1.165, 1.54) is 6.42 Å². The van der Waals surface area contributed by atoms with Gasteiger partial charge in [-0.25, -0.2) is 4.98 Å². The Hall–Kier alpha value is -0.700. The summed E-state index contributed by atoms with van der Waals surface area (Å²) in [4.78, 5) is 4.16. The predicted molar refractivity (Wildman–Crippen MR) is 59.8 cm³/mol. The Morgan fingerprint density at radius 3 is 2.71 bits per heavy atom. The molecule has 1 heterocycles. The number of pyridine rings is 1. The molecule has 0 N–H and O–H groups in total. The van der Waals surface area contributed by atoms with Crippen LogP contribution in [0.4, 0.5) is 0 Å². The third-order valence-electron chi connectivity index (χ3n) is 2.05. The average Bonchev–Trinajstić information content (AvgIpc) is 2.19. The summed E-state index contributed by atoms with van der Waals surface area (Å²) in [6, 6.07) is 3.82. The molecule has 0 unspecified atom stereocenters. The molecule has 1 atom stereocenters. The third-order valence-corrected chi connectivity index (χ3v) is 3.42. The molecule has 78 valence electrons. The van der Waals surface area contributed by atoms with Crippen molar-refractivity contribution < 1.29 is 4.21 Å². The van der Waals surface area contributed by atoms with E-state index in [0.29, 0.717) is 5.03 Å². The lowest BCUT2D eigenvalue weighted by molar-refractivity contribution is 0.673. The second kappa shape index (κ2) is 5.91. The first-order valence-corrected chi connectivity index (χ1v) is 6.37. The molecule has 0 aliphatic carbocycles. The molecule has 1 rings (SSSR count). The van der Waals surface area contributed by atoms with E-state index in [-0.39, 0.29) is 0 Å². The number of aromatic nitrogens is 1. The van der Waals surface area contributed by atoms with Crippen molar-refractivity contribution in [3.8, 4) is 0 Å². The van der Waals surface area contributed by atoms with Crippen LogP contribution in [0.3, 0.4) is 0 Å². The van der Waals surface area contributed by atoms with Crippen molar-refractivity contribution in [3.63, 3.8) is 0 Å². The van der Waals surface area contributed by atoms with Crippen LogP contribution in [-0.4, -0.2) is 14.9 Å². The summed E-state index contributed by atoms with van der Waals surface area (Å²) in [5.74, 6) is 0.740. The third kappa shape index (κ3) is 3.58. The van der Waals surface area contributed by atoms with Crippen LogP contribution in [0.1, 0.15) is 31.7 Å². The summed E-state index contributed by atoms with van der Waals surface area (Å²) in [6.07, 6.45) is 5.11. The minimum atomic E-state index is -0.904. The van der Waals surface area contributed by atoms with Gasteiger partial charge in [0.1, 0.15) is 5.03 Å². The maximum atomic E-state index is 11.7. The number of rotatable bonds is 5. The van der Waals surface area contributed by atoms with E-state index in [0.717, 1.165) is 24.2 Å². The molecule has 1 aromatic rings. The van der Waals surface area contributed by atoms with Crippen LogP contribution < -0.4 is 0 Å². The minimum Gasteiger partial charge on any atom is -0.253 e. The van der Waals surface area contributed by atoms with Crippen LogP contribution in [-0.2, 0) is 10.8 Å². The van der Waals surface area contributed by atoms with Gasteiger partial charge in [-0.1, -0.05) is 25.8 Å². The maximum Gasteiger partial charge on any atom is 0.127 e. The number of aryl methyl sites for hydroxylation is 1. The molecule has 0 saturated carbocycles. The molecule has 0 saturated heterocycles. The van der Waals surface area contributed by atoms with E-state index in [1.54, 1.807) is 6.20 Å². The quantitative estimate of drug-likeness (QED) is 0.701. The van der Waals surface area contributed by atoms with Gasteiger partial charge in [-0.2, -0.15) is 0 Å². The first kappa shape index (κ1) is 11.4. The predicted octanol–water partition coefficient (Wildman–Crippen LogP) is 2.69. The summed E-state index contributed by atoms with van der Waals surface area (Å²) >= 11 is 0. The Morgan fingerprint density at radius 1 is 1.36 bits per heavy atom. The highest BCUT2D eigenvalue weighted by molar-refractivity contribution is 7.84. The van der Waals surface area contributed by atoms with Crippen molar-refractivity contribution in [3.05, 3.63) is 23.9 Å². The molecule has 0 spiro atoms. The highest BCUT2D eigenvalue weighted by Crippen LogP contribution is 2.06. The molecular formula is C11H17NOS. The molecule has 0 bridgehead atoms. The van der Waals surface area contributed by atoms with Gasteiger partial charge in [0.15, 0.2) is 0 Å². The Labute approximate surface area is 88.2 Å². The van der Waals surface area contributed by atoms with Crippen molar-refractivity contribution in [2.24, 2.45) is 0 Å². The molecule has 0 amide bonds. The molecular weight excluding hydrogens is 194 g/mol. The van der Waals surface area contributed by atoms with Gasteiger partial charge >= 0.3 is 0 Å². The zero-order valence-corrected chi connectivity index (χ0v) is 9.64. The largest absolute Gasteiger partial charge is 0.253 e. The molecule has 0 fully saturated rings. The number of hydrogen-bond acceptors (Lipinski definition) is 2. The van der Waals surface area contributed by atoms with E-state index < -0.39 is 10.8 Å². The maximum absolute atomic E-state index is 11.7. The Kier molecular flexibility index (Phi) is 4.80. The van der Waals surface area contributed by atoms with Crippen LogP contribution in [0.15, 0.2) is 23.4 Å². The minimum absolute atomic E-state index is 0.715. The number of hydrogen-bond donors (Lipinski definition) is 0. The van der Waals surface area contributed by atoms with Gasteiger partial charge in [0.25, 0.3) is 0 Å². The van der Waals surface area contributed by atoms with Crippen molar-refractivity contribution in [1.82, 2.24) is 4.98 Å². The van der Waals surface area contributed by atoms with E-state index in [2.05, 4.69) is 11.9 Å². The fourth-order valence-electron chi connectivity index (χ4n) is 1.18. The van der Waals surface area contributed by atoms with E-state index in [9.17, 15) is 4.21 Å². The van der Waals surface area contributed by atoms with Gasteiger partial charge in [-0.05, 0) is 25.0 Å². The normalized spacial score (nSPS) is 12.7. The monoisotopic (exact) mass is 211 g/mol. The first-order chi connectivity index (χ1) is 6.74. The van der Waals surface area contributed by atoms with Crippen molar-refractivity contribution >= 4 is 10.8 Å². The van der Waals surface area contributed by atoms with Gasteiger partial charge in [-0.3, -0.25) is 4.21 Å². The lowest BCUT2D eigenvalue weighted by Gasteiger charge is -2.00. The van der Waals surface area contributed by atoms with E-state index in [4.69, 9.17) is 0 Å². The van der Waals surface area contributed by atoms with Crippen LogP contribution in [0, 0.1) is 6.92 Å². The van der Waals surface area contributed by atoms with Crippen molar-refractivity contribution in [1.29, 1.82) is 0 Å². The zero-order chi connectivity index (χ0) is 10.4. The molecule has 2 nitrogen and oxygen atoms in total. The van der Waals surface area contributed by atoms with Crippen LogP contribution in [0.5, 0.6) is 0 Å². The lowest BCUT2D eigenvalue weighted by Crippen LogP contribution is -2.00. The molecule has 0 aromatic carbocycles. The SMILES string of the molecule is CCCCC[S@](=O)c1ccc(C)cn1. The molecule has 3 heteroatoms. The van der Waals surface area contributed by atoms with Gasteiger partial charge in [0, 0.05) is 11.9 Å². The van der Waals surface area contributed by atoms with Gasteiger partial charge in [0.05, 0.1) is 10.8 Å².